The number of thiazole rings is 1. The van der Waals surface area contributed by atoms with Crippen LogP contribution >= 0.6 is 22.9 Å². The molecule has 1 fully saturated rings. The van der Waals surface area contributed by atoms with Crippen LogP contribution in [-0.2, 0) is 20.9 Å². The molecule has 1 saturated heterocycles. The maximum Gasteiger partial charge on any atom is 0.323 e. The zero-order chi connectivity index (χ0) is 30.6. The number of benzene rings is 3. The van der Waals surface area contributed by atoms with Crippen LogP contribution in [0, 0.1) is 5.92 Å². The molecule has 3 aromatic carbocycles. The molecule has 0 unspecified atom stereocenters. The summed E-state index contributed by atoms with van der Waals surface area (Å²) in [6, 6.07) is 28.9. The Morgan fingerprint density at radius 3 is 2.30 bits per heavy atom. The SMILES string of the molecule is COOCCc1ccc(-c2nc(NC(=O)N(CCC3CCOCC3)CCC(c3ccccc3)c3ccccc3)sc2Cl)cc1. The summed E-state index contributed by atoms with van der Waals surface area (Å²) in [5, 5.41) is 3.56. The molecule has 0 radical (unpaired) electrons. The summed E-state index contributed by atoms with van der Waals surface area (Å²) in [6.07, 6.45) is 4.56. The van der Waals surface area contributed by atoms with E-state index in [9.17, 15) is 4.79 Å². The molecule has 0 bridgehead atoms. The van der Waals surface area contributed by atoms with Gasteiger partial charge in [-0.1, -0.05) is 108 Å². The first-order valence-electron chi connectivity index (χ1n) is 15.3. The Balaban J connectivity index is 1.29. The number of urea groups is 1. The normalized spacial score (nSPS) is 13.7. The number of ether oxygens (including phenoxy) is 1. The topological polar surface area (TPSA) is 72.9 Å². The van der Waals surface area contributed by atoms with E-state index < -0.39 is 0 Å². The Labute approximate surface area is 269 Å². The highest BCUT2D eigenvalue weighted by atomic mass is 35.5. The minimum Gasteiger partial charge on any atom is -0.381 e. The largest absolute Gasteiger partial charge is 0.381 e. The summed E-state index contributed by atoms with van der Waals surface area (Å²) in [6.45, 7) is 3.36. The number of nitrogens with zero attached hydrogens (tertiary/aromatic N) is 2. The fourth-order valence-corrected chi connectivity index (χ4v) is 6.72. The van der Waals surface area contributed by atoms with Gasteiger partial charge in [-0.05, 0) is 54.7 Å². The van der Waals surface area contributed by atoms with E-state index in [2.05, 4.69) is 58.7 Å². The number of rotatable bonds is 14. The number of halogens is 1. The average Bonchev–Trinajstić information content (AvgIpc) is 3.43. The predicted octanol–water partition coefficient (Wildman–Crippen LogP) is 8.46. The third-order valence-electron chi connectivity index (χ3n) is 8.15. The monoisotopic (exact) mass is 633 g/mol. The number of carbonyl (C=O) groups is 1. The van der Waals surface area contributed by atoms with Crippen molar-refractivity contribution in [2.75, 3.05) is 45.3 Å². The Kier molecular flexibility index (Phi) is 12.2. The third-order valence-corrected chi connectivity index (χ3v) is 9.32. The maximum atomic E-state index is 13.8. The molecule has 1 aromatic heterocycles. The molecule has 0 aliphatic carbocycles. The summed E-state index contributed by atoms with van der Waals surface area (Å²) >= 11 is 7.91. The van der Waals surface area contributed by atoms with E-state index in [1.165, 1.54) is 29.6 Å². The van der Waals surface area contributed by atoms with E-state index in [0.717, 1.165) is 56.4 Å². The Hall–Kier alpha value is -3.27. The molecule has 7 nitrogen and oxygen atoms in total. The summed E-state index contributed by atoms with van der Waals surface area (Å²) in [5.74, 6) is 0.740. The van der Waals surface area contributed by atoms with Crippen molar-refractivity contribution in [2.45, 2.75) is 38.0 Å². The molecule has 1 aliphatic heterocycles. The van der Waals surface area contributed by atoms with Crippen molar-refractivity contribution in [3.05, 3.63) is 106 Å². The van der Waals surface area contributed by atoms with E-state index in [4.69, 9.17) is 26.2 Å². The first kappa shape index (κ1) is 32.1. The van der Waals surface area contributed by atoms with Crippen LogP contribution in [0.2, 0.25) is 4.34 Å². The quantitative estimate of drug-likeness (QED) is 0.0857. The average molecular weight is 634 g/mol. The number of nitrogens with one attached hydrogen (secondary N) is 1. The number of aromatic nitrogens is 1. The zero-order valence-corrected chi connectivity index (χ0v) is 26.7. The fraction of sp³-hybridized carbons (Fsp3) is 0.371. The highest BCUT2D eigenvalue weighted by molar-refractivity contribution is 7.20. The molecule has 232 valence electrons. The Morgan fingerprint density at radius 1 is 1.00 bits per heavy atom. The van der Waals surface area contributed by atoms with Gasteiger partial charge >= 0.3 is 6.03 Å². The van der Waals surface area contributed by atoms with E-state index in [1.54, 1.807) is 0 Å². The maximum absolute atomic E-state index is 13.8. The Bertz CT molecular complexity index is 1390. The van der Waals surface area contributed by atoms with Crippen molar-refractivity contribution in [2.24, 2.45) is 5.92 Å². The summed E-state index contributed by atoms with van der Waals surface area (Å²) < 4.78 is 6.11. The predicted molar refractivity (Wildman–Crippen MR) is 177 cm³/mol. The van der Waals surface area contributed by atoms with Crippen molar-refractivity contribution < 1.29 is 19.3 Å². The smallest absolute Gasteiger partial charge is 0.323 e. The van der Waals surface area contributed by atoms with Crippen LogP contribution in [0.5, 0.6) is 0 Å². The van der Waals surface area contributed by atoms with Crippen molar-refractivity contribution in [1.82, 2.24) is 9.88 Å². The van der Waals surface area contributed by atoms with Gasteiger partial charge in [0.15, 0.2) is 5.13 Å². The van der Waals surface area contributed by atoms with Gasteiger partial charge in [-0.3, -0.25) is 5.32 Å². The van der Waals surface area contributed by atoms with Crippen LogP contribution in [0.4, 0.5) is 9.93 Å². The third kappa shape index (κ3) is 9.13. The lowest BCUT2D eigenvalue weighted by atomic mass is 9.88. The molecular formula is C35H40ClN3O4S. The van der Waals surface area contributed by atoms with Gasteiger partial charge < -0.3 is 9.64 Å². The van der Waals surface area contributed by atoms with Crippen LogP contribution < -0.4 is 5.32 Å². The first-order valence-corrected chi connectivity index (χ1v) is 16.4. The van der Waals surface area contributed by atoms with Crippen LogP contribution in [0.3, 0.4) is 0 Å². The van der Waals surface area contributed by atoms with Gasteiger partial charge in [0, 0.05) is 37.8 Å². The van der Waals surface area contributed by atoms with Crippen LogP contribution in [-0.4, -0.2) is 55.9 Å². The fourth-order valence-electron chi connectivity index (χ4n) is 5.65. The molecule has 4 aromatic rings. The lowest BCUT2D eigenvalue weighted by molar-refractivity contribution is -0.271. The molecule has 44 heavy (non-hydrogen) atoms. The van der Waals surface area contributed by atoms with Gasteiger partial charge in [-0.2, -0.15) is 0 Å². The van der Waals surface area contributed by atoms with Gasteiger partial charge in [0.1, 0.15) is 10.0 Å². The summed E-state index contributed by atoms with van der Waals surface area (Å²) in [5.41, 5.74) is 5.17. The van der Waals surface area contributed by atoms with Crippen LogP contribution in [0.25, 0.3) is 11.3 Å². The Morgan fingerprint density at radius 2 is 1.66 bits per heavy atom. The molecule has 1 N–H and O–H groups in total. The first-order chi connectivity index (χ1) is 21.6. The minimum absolute atomic E-state index is 0.151. The molecular weight excluding hydrogens is 594 g/mol. The minimum atomic E-state index is -0.151. The van der Waals surface area contributed by atoms with E-state index >= 15 is 0 Å². The molecule has 5 rings (SSSR count). The lowest BCUT2D eigenvalue weighted by Crippen LogP contribution is -2.38. The number of hydrogen-bond acceptors (Lipinski definition) is 6. The second kappa shape index (κ2) is 16.7. The van der Waals surface area contributed by atoms with E-state index in [0.29, 0.717) is 40.8 Å². The molecule has 0 atom stereocenters. The number of anilines is 1. The van der Waals surface area contributed by atoms with Gasteiger partial charge in [0.05, 0.1) is 13.7 Å². The van der Waals surface area contributed by atoms with Crippen molar-refractivity contribution >= 4 is 34.1 Å². The van der Waals surface area contributed by atoms with Crippen LogP contribution in [0.1, 0.15) is 48.3 Å². The van der Waals surface area contributed by atoms with Crippen molar-refractivity contribution in [3.8, 4) is 11.3 Å². The number of hydrogen-bond donors (Lipinski definition) is 1. The van der Waals surface area contributed by atoms with Gasteiger partial charge in [-0.25, -0.2) is 19.6 Å². The highest BCUT2D eigenvalue weighted by Crippen LogP contribution is 2.36. The second-order valence-electron chi connectivity index (χ2n) is 11.0. The second-order valence-corrected chi connectivity index (χ2v) is 12.6. The van der Waals surface area contributed by atoms with E-state index in [1.807, 2.05) is 41.3 Å². The number of carbonyl (C=O) groups excluding carboxylic acids is 1. The summed E-state index contributed by atoms with van der Waals surface area (Å²) in [4.78, 5) is 30.1. The van der Waals surface area contributed by atoms with E-state index in [-0.39, 0.29) is 11.9 Å². The lowest BCUT2D eigenvalue weighted by Gasteiger charge is -2.29. The van der Waals surface area contributed by atoms with Gasteiger partial charge in [0.25, 0.3) is 0 Å². The highest BCUT2D eigenvalue weighted by Gasteiger charge is 2.23. The summed E-state index contributed by atoms with van der Waals surface area (Å²) in [7, 11) is 1.50. The molecule has 0 saturated carbocycles. The van der Waals surface area contributed by atoms with Crippen molar-refractivity contribution in [3.63, 3.8) is 0 Å². The van der Waals surface area contributed by atoms with Gasteiger partial charge in [-0.15, -0.1) is 0 Å². The number of amides is 2. The standard InChI is InChI=1S/C35H40ClN3O4S/c1-41-43-25-20-26-12-14-30(15-13-26)32-33(36)44-34(37-32)38-35(40)39(21-16-27-18-23-42-24-19-27)22-17-31(28-8-4-2-5-9-28)29-10-6-3-7-11-29/h2-15,27,31H,16-25H2,1H3,(H,37,38,40). The molecule has 2 heterocycles. The molecule has 9 heteroatoms. The molecule has 0 spiro atoms. The van der Waals surface area contributed by atoms with Gasteiger partial charge in [0.2, 0.25) is 0 Å². The van der Waals surface area contributed by atoms with Crippen molar-refractivity contribution in [1.29, 1.82) is 0 Å². The van der Waals surface area contributed by atoms with Crippen LogP contribution in [0.15, 0.2) is 84.9 Å². The zero-order valence-electron chi connectivity index (χ0n) is 25.1. The molecule has 2 amide bonds. The molecule has 1 aliphatic rings.